The Morgan fingerprint density at radius 3 is 2.64 bits per heavy atom. The summed E-state index contributed by atoms with van der Waals surface area (Å²) >= 11 is 0. The molecule has 2 aromatic carbocycles. The van der Waals surface area contributed by atoms with Gasteiger partial charge in [0, 0.05) is 48.1 Å². The zero-order valence-electron chi connectivity index (χ0n) is 25.1. The summed E-state index contributed by atoms with van der Waals surface area (Å²) in [6.45, 7) is 7.26. The molecule has 2 unspecified atom stereocenters. The fraction of sp³-hybridized carbons (Fsp3) is 0.452. The highest BCUT2D eigenvalue weighted by Crippen LogP contribution is 2.58. The molecule has 13 heteroatoms. The fourth-order valence-corrected chi connectivity index (χ4v) is 9.79. The molecular formula is C31H37N5O7Si. The van der Waals surface area contributed by atoms with Crippen molar-refractivity contribution in [3.63, 3.8) is 0 Å². The Labute approximate surface area is 256 Å². The van der Waals surface area contributed by atoms with Gasteiger partial charge in [0.15, 0.2) is 20.1 Å². The zero-order chi connectivity index (χ0) is 31.4. The van der Waals surface area contributed by atoms with Crippen molar-refractivity contribution in [2.45, 2.75) is 75.7 Å². The van der Waals surface area contributed by atoms with Crippen LogP contribution in [-0.2, 0) is 36.0 Å². The fourth-order valence-electron chi connectivity index (χ4n) is 7.18. The van der Waals surface area contributed by atoms with Crippen molar-refractivity contribution in [2.24, 2.45) is 5.92 Å². The number of carbonyl (C=O) groups excluding carboxylic acids is 3. The highest BCUT2D eigenvalue weighted by Gasteiger charge is 2.64. The molecule has 3 N–H and O–H groups in total. The largest absolute Gasteiger partial charge is 0.441 e. The summed E-state index contributed by atoms with van der Waals surface area (Å²) in [6.07, 6.45) is 1.20. The summed E-state index contributed by atoms with van der Waals surface area (Å²) in [5.74, 6) is -1.67. The first-order valence-corrected chi connectivity index (χ1v) is 17.9. The predicted molar refractivity (Wildman–Crippen MR) is 162 cm³/mol. The molecule has 1 aromatic heterocycles. The van der Waals surface area contributed by atoms with E-state index in [9.17, 15) is 24.3 Å². The number of hydrogen-bond donors (Lipinski definition) is 3. The molecule has 12 nitrogen and oxygen atoms in total. The van der Waals surface area contributed by atoms with Gasteiger partial charge in [0.25, 0.3) is 5.91 Å². The van der Waals surface area contributed by atoms with E-state index >= 15 is 0 Å². The number of fused-ring (bicyclic) bond motifs is 2. The van der Waals surface area contributed by atoms with E-state index < -0.39 is 32.2 Å². The number of hydrogen-bond acceptors (Lipinski definition) is 9. The second-order valence-corrected chi connectivity index (χ2v) is 16.4. The maximum Gasteiger partial charge on any atom is 0.304 e. The van der Waals surface area contributed by atoms with Crippen LogP contribution in [0.3, 0.4) is 0 Å². The van der Waals surface area contributed by atoms with Crippen molar-refractivity contribution in [1.29, 1.82) is 0 Å². The minimum atomic E-state index is -2.87. The number of aliphatic hydroxyl groups is 1. The first-order valence-electron chi connectivity index (χ1n) is 14.8. The van der Waals surface area contributed by atoms with Gasteiger partial charge < -0.3 is 24.7 Å². The first kappa shape index (κ1) is 30.1. The Morgan fingerprint density at radius 2 is 1.98 bits per heavy atom. The molecule has 6 atom stereocenters. The summed E-state index contributed by atoms with van der Waals surface area (Å²) in [5.41, 5.74) is 1.60. The van der Waals surface area contributed by atoms with Crippen LogP contribution in [0.15, 0.2) is 54.7 Å². The average molecular weight is 620 g/mol. The third-order valence-corrected chi connectivity index (χ3v) is 11.7. The van der Waals surface area contributed by atoms with E-state index in [0.717, 1.165) is 5.56 Å². The van der Waals surface area contributed by atoms with Crippen LogP contribution < -0.4 is 10.2 Å². The van der Waals surface area contributed by atoms with Crippen LogP contribution in [0.1, 0.15) is 49.4 Å². The standard InChI is InChI=1S/C31H37N5O7Si/c1-18-29(44(3,4)41)26(12-13-35-16-25(33-34-35)22(17-37)20-8-6-5-7-9-20)43-31(18)23-14-21(10-11-24(23)32-30(31)40)36-27(39)15-28(36)42-19(2)38/h5-11,14,16,18,22,26,28-29,37,41H,12-13,15,17H2,1-4H3,(H,32,40)/t18-,22?,26+,28?,29-,31+/m0/s1. The molecule has 2 saturated heterocycles. The van der Waals surface area contributed by atoms with Crippen molar-refractivity contribution < 1.29 is 33.8 Å². The summed E-state index contributed by atoms with van der Waals surface area (Å²) in [5, 5.41) is 21.6. The van der Waals surface area contributed by atoms with E-state index in [1.165, 1.54) is 11.8 Å². The smallest absolute Gasteiger partial charge is 0.304 e. The molecule has 44 heavy (non-hydrogen) atoms. The van der Waals surface area contributed by atoms with E-state index in [1.807, 2.05) is 56.5 Å². The topological polar surface area (TPSA) is 156 Å². The number of rotatable bonds is 9. The zero-order valence-corrected chi connectivity index (χ0v) is 26.1. The van der Waals surface area contributed by atoms with Crippen molar-refractivity contribution in [3.05, 3.63) is 71.5 Å². The number of aryl methyl sites for hydroxylation is 1. The number of nitrogens with one attached hydrogen (secondary N) is 1. The number of aromatic nitrogens is 3. The lowest BCUT2D eigenvalue weighted by Gasteiger charge is -2.39. The van der Waals surface area contributed by atoms with Gasteiger partial charge in [0.2, 0.25) is 5.91 Å². The van der Waals surface area contributed by atoms with Gasteiger partial charge in [0.1, 0.15) is 0 Å². The van der Waals surface area contributed by atoms with Crippen molar-refractivity contribution in [2.75, 3.05) is 16.8 Å². The number of ether oxygens (including phenoxy) is 2. The number of nitrogens with zero attached hydrogens (tertiary/aromatic N) is 4. The van der Waals surface area contributed by atoms with Crippen LogP contribution in [0.2, 0.25) is 18.6 Å². The number of anilines is 2. The van der Waals surface area contributed by atoms with Gasteiger partial charge in [0.05, 0.1) is 30.7 Å². The van der Waals surface area contributed by atoms with Crippen LogP contribution in [0.25, 0.3) is 0 Å². The van der Waals surface area contributed by atoms with Crippen LogP contribution in [0, 0.1) is 5.92 Å². The Hall–Kier alpha value is -3.91. The number of aliphatic hydroxyl groups excluding tert-OH is 1. The molecule has 2 amide bonds. The minimum absolute atomic E-state index is 0.0920. The highest BCUT2D eigenvalue weighted by molar-refractivity contribution is 6.71. The van der Waals surface area contributed by atoms with Crippen LogP contribution >= 0.6 is 0 Å². The highest BCUT2D eigenvalue weighted by atomic mass is 28.4. The molecule has 4 heterocycles. The van der Waals surface area contributed by atoms with Gasteiger partial charge in [-0.15, -0.1) is 5.10 Å². The number of β-lactam (4-membered cyclic amide) rings is 1. The number of benzene rings is 2. The molecule has 6 rings (SSSR count). The van der Waals surface area contributed by atoms with E-state index in [2.05, 4.69) is 15.6 Å². The molecule has 1 spiro atoms. The van der Waals surface area contributed by atoms with Gasteiger partial charge in [-0.25, -0.2) is 0 Å². The van der Waals surface area contributed by atoms with E-state index in [0.29, 0.717) is 35.6 Å². The van der Waals surface area contributed by atoms with E-state index in [4.69, 9.17) is 9.47 Å². The second-order valence-electron chi connectivity index (χ2n) is 12.4. The second kappa shape index (κ2) is 11.2. The van der Waals surface area contributed by atoms with Crippen molar-refractivity contribution in [3.8, 4) is 0 Å². The molecule has 0 aliphatic carbocycles. The molecule has 3 aromatic rings. The number of esters is 1. The lowest BCUT2D eigenvalue weighted by Crippen LogP contribution is -2.55. The predicted octanol–water partition coefficient (Wildman–Crippen LogP) is 2.87. The van der Waals surface area contributed by atoms with Crippen LogP contribution in [0.4, 0.5) is 11.4 Å². The monoisotopic (exact) mass is 619 g/mol. The molecule has 3 aliphatic heterocycles. The molecule has 0 bridgehead atoms. The lowest BCUT2D eigenvalue weighted by molar-refractivity contribution is -0.153. The van der Waals surface area contributed by atoms with Gasteiger partial charge in [-0.05, 0) is 43.3 Å². The van der Waals surface area contributed by atoms with Gasteiger partial charge in [-0.1, -0.05) is 42.5 Å². The Bertz CT molecular complexity index is 1590. The minimum Gasteiger partial charge on any atom is -0.441 e. The van der Waals surface area contributed by atoms with Crippen LogP contribution in [-0.4, -0.2) is 69.9 Å². The maximum absolute atomic E-state index is 13.7. The summed E-state index contributed by atoms with van der Waals surface area (Å²) in [6, 6.07) is 14.8. The first-order chi connectivity index (χ1) is 20.9. The Morgan fingerprint density at radius 1 is 1.23 bits per heavy atom. The van der Waals surface area contributed by atoms with Crippen molar-refractivity contribution in [1.82, 2.24) is 15.0 Å². The lowest BCUT2D eigenvalue weighted by atomic mass is 9.82. The van der Waals surface area contributed by atoms with E-state index in [1.54, 1.807) is 22.9 Å². The molecule has 0 saturated carbocycles. The number of amides is 2. The summed E-state index contributed by atoms with van der Waals surface area (Å²) in [7, 11) is -2.87. The van der Waals surface area contributed by atoms with Crippen molar-refractivity contribution >= 4 is 37.5 Å². The molecule has 3 aliphatic rings. The molecular weight excluding hydrogens is 582 g/mol. The number of carbonyl (C=O) groups is 3. The molecule has 0 radical (unpaired) electrons. The van der Waals surface area contributed by atoms with E-state index in [-0.39, 0.29) is 42.2 Å². The van der Waals surface area contributed by atoms with Gasteiger partial charge in [-0.3, -0.25) is 24.0 Å². The quantitative estimate of drug-likeness (QED) is 0.186. The average Bonchev–Trinajstić information content (AvgIpc) is 3.63. The van der Waals surface area contributed by atoms with Gasteiger partial charge in [-0.2, -0.15) is 0 Å². The molecule has 2 fully saturated rings. The normalized spacial score (nSPS) is 26.8. The summed E-state index contributed by atoms with van der Waals surface area (Å²) < 4.78 is 13.7. The SMILES string of the molecule is CC(=O)OC1CC(=O)N1c1ccc2c(c1)[C@@]1(O[C@H](CCn3cc(C(CO)c4ccccc4)nn3)[C@@H]([Si](C)(C)O)[C@@H]1C)C(=O)N2. The van der Waals surface area contributed by atoms with Gasteiger partial charge >= 0.3 is 5.97 Å². The molecule has 232 valence electrons. The third-order valence-electron chi connectivity index (χ3n) is 9.15. The third kappa shape index (κ3) is 5.03. The van der Waals surface area contributed by atoms with Crippen LogP contribution in [0.5, 0.6) is 0 Å². The maximum atomic E-state index is 13.7. The summed E-state index contributed by atoms with van der Waals surface area (Å²) in [4.78, 5) is 50.7. The Balaban J connectivity index is 1.27. The Kier molecular flexibility index (Phi) is 7.68.